The molecule has 3 rings (SSSR count). The molecule has 0 aliphatic carbocycles. The van der Waals surface area contributed by atoms with Crippen LogP contribution in [0.1, 0.15) is 30.7 Å². The third-order valence-corrected chi connectivity index (χ3v) is 4.12. The predicted molar refractivity (Wildman–Crippen MR) is 95.5 cm³/mol. The molecule has 1 atom stereocenters. The highest BCUT2D eigenvalue weighted by atomic mass is 16.5. The molecule has 2 aromatic carbocycles. The van der Waals surface area contributed by atoms with Crippen LogP contribution in [0.4, 0.5) is 0 Å². The Labute approximate surface area is 142 Å². The van der Waals surface area contributed by atoms with Crippen molar-refractivity contribution >= 4 is 0 Å². The molecule has 4 nitrogen and oxygen atoms in total. The van der Waals surface area contributed by atoms with Gasteiger partial charge in [0.2, 0.25) is 0 Å². The zero-order valence-electron chi connectivity index (χ0n) is 14.2. The average Bonchev–Trinajstić information content (AvgIpc) is 3.07. The van der Waals surface area contributed by atoms with Gasteiger partial charge in [0, 0.05) is 5.56 Å². The molecule has 4 heteroatoms. The summed E-state index contributed by atoms with van der Waals surface area (Å²) < 4.78 is 7.10. The second-order valence-electron chi connectivity index (χ2n) is 5.85. The van der Waals surface area contributed by atoms with E-state index < -0.39 is 6.10 Å². The topological polar surface area (TPSA) is 47.3 Å². The Balaban J connectivity index is 2.11. The highest BCUT2D eigenvalue weighted by Crippen LogP contribution is 2.28. The maximum Gasteiger partial charge on any atom is 0.119 e. The van der Waals surface area contributed by atoms with Gasteiger partial charge in [-0.2, -0.15) is 5.10 Å². The summed E-state index contributed by atoms with van der Waals surface area (Å²) in [6.45, 7) is 4.01. The molecule has 3 aromatic rings. The van der Waals surface area contributed by atoms with Crippen LogP contribution in [0.5, 0.6) is 5.75 Å². The third-order valence-electron chi connectivity index (χ3n) is 4.12. The number of aliphatic hydroxyl groups excluding tert-OH is 1. The summed E-state index contributed by atoms with van der Waals surface area (Å²) in [6.07, 6.45) is 0.0705. The highest BCUT2D eigenvalue weighted by Gasteiger charge is 2.16. The molecule has 0 bridgehead atoms. The normalized spacial score (nSPS) is 12.2. The Hall–Kier alpha value is -2.59. The summed E-state index contributed by atoms with van der Waals surface area (Å²) in [7, 11) is 1.65. The lowest BCUT2D eigenvalue weighted by molar-refractivity contribution is 0.168. The van der Waals surface area contributed by atoms with Crippen LogP contribution < -0.4 is 4.74 Å². The molecule has 0 fully saturated rings. The highest BCUT2D eigenvalue weighted by molar-refractivity contribution is 5.63. The van der Waals surface area contributed by atoms with Crippen LogP contribution in [-0.4, -0.2) is 22.0 Å². The van der Waals surface area contributed by atoms with Gasteiger partial charge in [-0.3, -0.25) is 0 Å². The number of methoxy groups -OCH3 is 1. The minimum Gasteiger partial charge on any atom is -0.497 e. The van der Waals surface area contributed by atoms with Gasteiger partial charge in [-0.25, -0.2) is 4.68 Å². The molecule has 0 amide bonds. The number of rotatable bonds is 5. The number of nitrogens with zero attached hydrogens (tertiary/aromatic N) is 2. The van der Waals surface area contributed by atoms with E-state index in [2.05, 4.69) is 36.3 Å². The summed E-state index contributed by atoms with van der Waals surface area (Å²) in [4.78, 5) is 0. The van der Waals surface area contributed by atoms with Gasteiger partial charge in [0.25, 0.3) is 0 Å². The molecule has 1 heterocycles. The van der Waals surface area contributed by atoms with Gasteiger partial charge in [-0.1, -0.05) is 36.8 Å². The van der Waals surface area contributed by atoms with E-state index in [1.165, 1.54) is 5.56 Å². The molecule has 1 N–H and O–H groups in total. The van der Waals surface area contributed by atoms with Crippen molar-refractivity contribution in [2.75, 3.05) is 7.11 Å². The first-order valence-electron chi connectivity index (χ1n) is 8.12. The maximum atomic E-state index is 10.2. The van der Waals surface area contributed by atoms with E-state index in [0.717, 1.165) is 22.7 Å². The van der Waals surface area contributed by atoms with E-state index in [0.29, 0.717) is 12.1 Å². The summed E-state index contributed by atoms with van der Waals surface area (Å²) in [6, 6.07) is 18.0. The Morgan fingerprint density at radius 1 is 1.08 bits per heavy atom. The molecule has 0 spiro atoms. The molecule has 1 unspecified atom stereocenters. The molecule has 124 valence electrons. The Morgan fingerprint density at radius 2 is 1.75 bits per heavy atom. The summed E-state index contributed by atoms with van der Waals surface area (Å²) in [5.41, 5.74) is 4.86. The third kappa shape index (κ3) is 3.19. The Bertz CT molecular complexity index is 805. The minimum atomic E-state index is -0.561. The van der Waals surface area contributed by atoms with E-state index in [4.69, 9.17) is 4.74 Å². The van der Waals surface area contributed by atoms with Gasteiger partial charge in [0.05, 0.1) is 30.3 Å². The maximum absolute atomic E-state index is 10.2. The van der Waals surface area contributed by atoms with E-state index >= 15 is 0 Å². The summed E-state index contributed by atoms with van der Waals surface area (Å²) in [5.74, 6) is 0.802. The molecule has 24 heavy (non-hydrogen) atoms. The number of aryl methyl sites for hydroxylation is 1. The summed E-state index contributed by atoms with van der Waals surface area (Å²) in [5, 5.41) is 14.8. The quantitative estimate of drug-likeness (QED) is 0.762. The largest absolute Gasteiger partial charge is 0.497 e. The zero-order chi connectivity index (χ0) is 17.1. The number of hydrogen-bond donors (Lipinski definition) is 1. The first-order chi connectivity index (χ1) is 11.6. The van der Waals surface area contributed by atoms with Crippen molar-refractivity contribution in [2.24, 2.45) is 0 Å². The van der Waals surface area contributed by atoms with Crippen molar-refractivity contribution in [3.63, 3.8) is 0 Å². The van der Waals surface area contributed by atoms with Gasteiger partial charge >= 0.3 is 0 Å². The van der Waals surface area contributed by atoms with E-state index in [1.54, 1.807) is 7.11 Å². The standard InChI is InChI=1S/C20H22N2O2/c1-4-20(23)18-13-19(15-7-5-14(2)6-8-15)22(21-18)16-9-11-17(24-3)12-10-16/h5-13,20,23H,4H2,1-3H3. The number of hydrogen-bond acceptors (Lipinski definition) is 3. The van der Waals surface area contributed by atoms with Gasteiger partial charge in [-0.15, -0.1) is 0 Å². The van der Waals surface area contributed by atoms with Crippen LogP contribution in [0.25, 0.3) is 16.9 Å². The lowest BCUT2D eigenvalue weighted by atomic mass is 10.1. The lowest BCUT2D eigenvalue weighted by Crippen LogP contribution is -2.01. The molecule has 0 aliphatic rings. The number of ether oxygens (including phenoxy) is 1. The van der Waals surface area contributed by atoms with Crippen molar-refractivity contribution < 1.29 is 9.84 Å². The fourth-order valence-corrected chi connectivity index (χ4v) is 2.62. The average molecular weight is 322 g/mol. The fourth-order valence-electron chi connectivity index (χ4n) is 2.62. The van der Waals surface area contributed by atoms with E-state index in [9.17, 15) is 5.11 Å². The molecule has 0 radical (unpaired) electrons. The Morgan fingerprint density at radius 3 is 2.33 bits per heavy atom. The van der Waals surface area contributed by atoms with Crippen molar-refractivity contribution in [1.29, 1.82) is 0 Å². The number of aliphatic hydroxyl groups is 1. The summed E-state index contributed by atoms with van der Waals surface area (Å²) >= 11 is 0. The lowest BCUT2D eigenvalue weighted by Gasteiger charge is -2.09. The number of benzene rings is 2. The van der Waals surface area contributed by atoms with Crippen molar-refractivity contribution in [2.45, 2.75) is 26.4 Å². The number of aromatic nitrogens is 2. The molecular formula is C20H22N2O2. The second-order valence-corrected chi connectivity index (χ2v) is 5.85. The van der Waals surface area contributed by atoms with Crippen LogP contribution in [0.2, 0.25) is 0 Å². The molecule has 0 aliphatic heterocycles. The van der Waals surface area contributed by atoms with Gasteiger partial charge in [-0.05, 0) is 43.7 Å². The van der Waals surface area contributed by atoms with E-state index in [-0.39, 0.29) is 0 Å². The van der Waals surface area contributed by atoms with Crippen LogP contribution in [0.15, 0.2) is 54.6 Å². The second kappa shape index (κ2) is 6.89. The van der Waals surface area contributed by atoms with Crippen LogP contribution >= 0.6 is 0 Å². The monoisotopic (exact) mass is 322 g/mol. The van der Waals surface area contributed by atoms with Gasteiger partial charge < -0.3 is 9.84 Å². The predicted octanol–water partition coefficient (Wildman–Crippen LogP) is 4.30. The van der Waals surface area contributed by atoms with Crippen LogP contribution in [0, 0.1) is 6.92 Å². The van der Waals surface area contributed by atoms with Crippen LogP contribution in [0.3, 0.4) is 0 Å². The van der Waals surface area contributed by atoms with Gasteiger partial charge in [0.1, 0.15) is 5.75 Å². The fraction of sp³-hybridized carbons (Fsp3) is 0.250. The first-order valence-corrected chi connectivity index (χ1v) is 8.12. The molecule has 0 saturated heterocycles. The molecular weight excluding hydrogens is 300 g/mol. The first kappa shape index (κ1) is 16.3. The van der Waals surface area contributed by atoms with Crippen molar-refractivity contribution in [3.8, 4) is 22.7 Å². The molecule has 1 aromatic heterocycles. The van der Waals surface area contributed by atoms with Gasteiger partial charge in [0.15, 0.2) is 0 Å². The van der Waals surface area contributed by atoms with Crippen molar-refractivity contribution in [1.82, 2.24) is 9.78 Å². The Kier molecular flexibility index (Phi) is 4.67. The van der Waals surface area contributed by atoms with E-state index in [1.807, 2.05) is 41.9 Å². The SMILES string of the molecule is CCC(O)c1cc(-c2ccc(C)cc2)n(-c2ccc(OC)cc2)n1. The molecule has 0 saturated carbocycles. The smallest absolute Gasteiger partial charge is 0.119 e. The van der Waals surface area contributed by atoms with Crippen molar-refractivity contribution in [3.05, 3.63) is 65.9 Å². The minimum absolute atomic E-state index is 0.561. The van der Waals surface area contributed by atoms with Crippen LogP contribution in [-0.2, 0) is 0 Å². The zero-order valence-corrected chi connectivity index (χ0v) is 14.2.